The van der Waals surface area contributed by atoms with Gasteiger partial charge in [0.2, 0.25) is 0 Å². The summed E-state index contributed by atoms with van der Waals surface area (Å²) in [4.78, 5) is 26.2. The van der Waals surface area contributed by atoms with Gasteiger partial charge in [-0.15, -0.1) is 0 Å². The van der Waals surface area contributed by atoms with Crippen LogP contribution in [0, 0.1) is 0 Å². The lowest BCUT2D eigenvalue weighted by Gasteiger charge is -2.11. The molecule has 3 aromatic rings. The molecule has 0 unspecified atom stereocenters. The Labute approximate surface area is 163 Å². The number of aryl methyl sites for hydroxylation is 1. The topological polar surface area (TPSA) is 94.0 Å². The first-order chi connectivity index (χ1) is 13.7. The number of nitrogens with one attached hydrogen (secondary N) is 2. The average molecular weight is 380 g/mol. The molecule has 1 saturated carbocycles. The summed E-state index contributed by atoms with van der Waals surface area (Å²) in [6, 6.07) is 6.13. The van der Waals surface area contributed by atoms with Crippen molar-refractivity contribution in [1.29, 1.82) is 0 Å². The van der Waals surface area contributed by atoms with Crippen molar-refractivity contribution in [3.05, 3.63) is 41.1 Å². The number of rotatable bonds is 8. The predicted octanol–water partition coefficient (Wildman–Crippen LogP) is 2.41. The van der Waals surface area contributed by atoms with E-state index in [1.807, 2.05) is 18.2 Å². The molecule has 2 N–H and O–H groups in total. The van der Waals surface area contributed by atoms with Gasteiger partial charge in [-0.1, -0.05) is 0 Å². The summed E-state index contributed by atoms with van der Waals surface area (Å²) in [7, 11) is 3.40. The minimum atomic E-state index is -0.0964. The zero-order valence-electron chi connectivity index (χ0n) is 16.1. The van der Waals surface area contributed by atoms with Crippen molar-refractivity contribution >= 4 is 22.5 Å². The van der Waals surface area contributed by atoms with Gasteiger partial charge >= 0.3 is 0 Å². The fraction of sp³-hybridized carbons (Fsp3) is 0.400. The highest BCUT2D eigenvalue weighted by atomic mass is 16.5. The molecule has 0 aliphatic heterocycles. The van der Waals surface area contributed by atoms with Gasteiger partial charge in [0.1, 0.15) is 17.0 Å². The van der Waals surface area contributed by atoms with Crippen LogP contribution in [0.5, 0.6) is 0 Å². The number of pyridine rings is 2. The van der Waals surface area contributed by atoms with Gasteiger partial charge in [0.25, 0.3) is 5.56 Å². The van der Waals surface area contributed by atoms with Crippen molar-refractivity contribution in [2.75, 3.05) is 30.9 Å². The molecule has 8 nitrogen and oxygen atoms in total. The van der Waals surface area contributed by atoms with E-state index in [-0.39, 0.29) is 5.56 Å². The number of hydrogen-bond donors (Lipinski definition) is 2. The number of fused-ring (bicyclic) bond motifs is 1. The Bertz CT molecular complexity index is 1030. The van der Waals surface area contributed by atoms with E-state index in [0.29, 0.717) is 22.8 Å². The van der Waals surface area contributed by atoms with Crippen LogP contribution in [0.4, 0.5) is 11.6 Å². The maximum Gasteiger partial charge on any atom is 0.264 e. The fourth-order valence-corrected chi connectivity index (χ4v) is 2.98. The molecule has 0 spiro atoms. The van der Waals surface area contributed by atoms with Crippen molar-refractivity contribution in [3.63, 3.8) is 0 Å². The van der Waals surface area contributed by atoms with Crippen molar-refractivity contribution in [1.82, 2.24) is 19.5 Å². The molecule has 1 aliphatic rings. The monoisotopic (exact) mass is 380 g/mol. The molecule has 0 saturated heterocycles. The highest BCUT2D eigenvalue weighted by Crippen LogP contribution is 2.29. The van der Waals surface area contributed by atoms with Crippen LogP contribution < -0.4 is 16.2 Å². The molecule has 0 bridgehead atoms. The van der Waals surface area contributed by atoms with Gasteiger partial charge in [0, 0.05) is 45.1 Å². The number of anilines is 2. The van der Waals surface area contributed by atoms with Gasteiger partial charge in [-0.3, -0.25) is 4.79 Å². The van der Waals surface area contributed by atoms with E-state index in [0.717, 1.165) is 49.5 Å². The van der Waals surface area contributed by atoms with Crippen LogP contribution >= 0.6 is 0 Å². The number of aromatic nitrogens is 4. The van der Waals surface area contributed by atoms with Crippen LogP contribution in [0.1, 0.15) is 19.3 Å². The normalized spacial score (nSPS) is 13.6. The van der Waals surface area contributed by atoms with Gasteiger partial charge in [-0.05, 0) is 37.5 Å². The summed E-state index contributed by atoms with van der Waals surface area (Å²) in [6.07, 6.45) is 6.44. The molecule has 0 amide bonds. The van der Waals surface area contributed by atoms with Crippen LogP contribution in [-0.4, -0.2) is 45.8 Å². The van der Waals surface area contributed by atoms with E-state index in [1.165, 1.54) is 4.57 Å². The van der Waals surface area contributed by atoms with E-state index in [1.54, 1.807) is 26.7 Å². The van der Waals surface area contributed by atoms with Gasteiger partial charge in [0.05, 0.1) is 17.5 Å². The number of ether oxygens (including phenoxy) is 1. The summed E-state index contributed by atoms with van der Waals surface area (Å²) in [5.74, 6) is 1.41. The molecular formula is C20H24N6O2. The van der Waals surface area contributed by atoms with Crippen molar-refractivity contribution < 1.29 is 4.74 Å². The van der Waals surface area contributed by atoms with E-state index in [4.69, 9.17) is 9.72 Å². The second-order valence-corrected chi connectivity index (χ2v) is 7.03. The molecule has 146 valence electrons. The van der Waals surface area contributed by atoms with Crippen molar-refractivity contribution in [3.8, 4) is 11.3 Å². The molecule has 0 radical (unpaired) electrons. The third-order valence-corrected chi connectivity index (χ3v) is 4.71. The van der Waals surface area contributed by atoms with E-state index in [9.17, 15) is 4.79 Å². The Balaban J connectivity index is 1.65. The van der Waals surface area contributed by atoms with Gasteiger partial charge in [0.15, 0.2) is 0 Å². The highest BCUT2D eigenvalue weighted by molar-refractivity contribution is 5.91. The van der Waals surface area contributed by atoms with Crippen molar-refractivity contribution in [2.45, 2.75) is 25.3 Å². The smallest absolute Gasteiger partial charge is 0.264 e. The molecule has 0 atom stereocenters. The zero-order valence-corrected chi connectivity index (χ0v) is 16.1. The molecule has 3 heterocycles. The third kappa shape index (κ3) is 3.96. The summed E-state index contributed by atoms with van der Waals surface area (Å²) < 4.78 is 6.53. The lowest BCUT2D eigenvalue weighted by atomic mass is 10.1. The largest absolute Gasteiger partial charge is 0.385 e. The van der Waals surface area contributed by atoms with Gasteiger partial charge in [-0.25, -0.2) is 15.0 Å². The molecule has 1 aliphatic carbocycles. The van der Waals surface area contributed by atoms with E-state index in [2.05, 4.69) is 20.6 Å². The maximum atomic E-state index is 12.6. The Hall–Kier alpha value is -3.00. The summed E-state index contributed by atoms with van der Waals surface area (Å²) in [6.45, 7) is 1.52. The van der Waals surface area contributed by atoms with Gasteiger partial charge < -0.3 is 19.9 Å². The molecule has 3 aromatic heterocycles. The Kier molecular flexibility index (Phi) is 5.21. The lowest BCUT2D eigenvalue weighted by Crippen LogP contribution is -2.19. The predicted molar refractivity (Wildman–Crippen MR) is 110 cm³/mol. The van der Waals surface area contributed by atoms with Crippen molar-refractivity contribution in [2.24, 2.45) is 7.05 Å². The number of hydrogen-bond acceptors (Lipinski definition) is 7. The van der Waals surface area contributed by atoms with E-state index < -0.39 is 0 Å². The van der Waals surface area contributed by atoms with E-state index >= 15 is 0 Å². The minimum absolute atomic E-state index is 0.0964. The third-order valence-electron chi connectivity index (χ3n) is 4.71. The Morgan fingerprint density at radius 3 is 2.86 bits per heavy atom. The Morgan fingerprint density at radius 2 is 2.14 bits per heavy atom. The maximum absolute atomic E-state index is 12.6. The molecule has 0 aromatic carbocycles. The zero-order chi connectivity index (χ0) is 19.5. The molecule has 28 heavy (non-hydrogen) atoms. The van der Waals surface area contributed by atoms with Crippen LogP contribution in [0.2, 0.25) is 0 Å². The molecule has 8 heteroatoms. The van der Waals surface area contributed by atoms with Gasteiger partial charge in [-0.2, -0.15) is 0 Å². The minimum Gasteiger partial charge on any atom is -0.385 e. The van der Waals surface area contributed by atoms with Crippen LogP contribution in [0.25, 0.3) is 22.2 Å². The Morgan fingerprint density at radius 1 is 1.29 bits per heavy atom. The molecular weight excluding hydrogens is 356 g/mol. The first kappa shape index (κ1) is 18.4. The van der Waals surface area contributed by atoms with Crippen LogP contribution in [0.3, 0.4) is 0 Å². The SMILES string of the molecule is COCCCNc1ccc(-c2cc3ncn(C)c(=O)c3c(NC3CC3)n2)cn1. The summed E-state index contributed by atoms with van der Waals surface area (Å²) in [5, 5.41) is 7.18. The fourth-order valence-electron chi connectivity index (χ4n) is 2.98. The first-order valence-electron chi connectivity index (χ1n) is 9.48. The standard InChI is InChI=1S/C20H24N6O2/c1-26-12-23-16-10-15(25-19(18(16)20(26)27)24-14-5-6-14)13-4-7-17(22-11-13)21-8-3-9-28-2/h4,7,10-12,14H,3,5-6,8-9H2,1-2H3,(H,21,22)(H,24,25). The number of nitrogens with zero attached hydrogens (tertiary/aromatic N) is 4. The second-order valence-electron chi connectivity index (χ2n) is 7.03. The van der Waals surface area contributed by atoms with Crippen LogP contribution in [0.15, 0.2) is 35.5 Å². The highest BCUT2D eigenvalue weighted by Gasteiger charge is 2.24. The summed E-state index contributed by atoms with van der Waals surface area (Å²) >= 11 is 0. The summed E-state index contributed by atoms with van der Waals surface area (Å²) in [5.41, 5.74) is 2.17. The number of methoxy groups -OCH3 is 1. The second kappa shape index (κ2) is 7.93. The molecule has 1 fully saturated rings. The first-order valence-corrected chi connectivity index (χ1v) is 9.48. The quantitative estimate of drug-likeness (QED) is 0.580. The average Bonchev–Trinajstić information content (AvgIpc) is 3.52. The lowest BCUT2D eigenvalue weighted by molar-refractivity contribution is 0.198. The van der Waals surface area contributed by atoms with Crippen LogP contribution in [-0.2, 0) is 11.8 Å². The molecule has 4 rings (SSSR count).